The molecule has 17 heteroatoms. The van der Waals surface area contributed by atoms with Crippen molar-refractivity contribution in [2.24, 2.45) is 7.05 Å². The van der Waals surface area contributed by atoms with Crippen molar-refractivity contribution in [3.05, 3.63) is 28.5 Å². The third-order valence-electron chi connectivity index (χ3n) is 5.60. The Kier molecular flexibility index (Phi) is 8.40. The number of aliphatic hydroxyl groups is 1. The van der Waals surface area contributed by atoms with Gasteiger partial charge in [0.05, 0.1) is 45.9 Å². The quantitative estimate of drug-likeness (QED) is 0.259. The molecule has 4 rings (SSSR count). The number of ether oxygens (including phenoxy) is 3. The number of aryl methyl sites for hydroxylation is 1. The fraction of sp³-hybridized carbons (Fsp3) is 0.409. The van der Waals surface area contributed by atoms with E-state index in [4.69, 9.17) is 9.47 Å². The molecule has 0 spiro atoms. The lowest BCUT2D eigenvalue weighted by Gasteiger charge is -2.27. The van der Waals surface area contributed by atoms with Crippen LogP contribution in [-0.2, 0) is 29.5 Å². The number of fused-ring (bicyclic) bond motifs is 1. The van der Waals surface area contributed by atoms with E-state index in [1.54, 1.807) is 13.1 Å². The standard InChI is InChI=1S/C22H27N9O7S/c1-30-8-12(17(29-30)18(33)23-13(10-32)19(34)37-3)24-20(35)28-22-25-11-5-6-31(9-14(11)39-22)15-7-16(36-2)27-21(26-15)38-4/h7-8,13,32H,5-6,9-10H2,1-4H3,(H,23,33)(H2,24,25,28,35)/t13-/m0/s1. The molecule has 39 heavy (non-hydrogen) atoms. The summed E-state index contributed by atoms with van der Waals surface area (Å²) in [4.78, 5) is 53.1. The SMILES string of the molecule is COC(=O)[C@H](CO)NC(=O)c1nn(C)cc1NC(=O)Nc1nc2c(s1)CN(c1cc(OC)nc(OC)n1)CC2. The van der Waals surface area contributed by atoms with Gasteiger partial charge in [0.25, 0.3) is 5.91 Å². The molecule has 0 fully saturated rings. The van der Waals surface area contributed by atoms with Gasteiger partial charge in [-0.15, -0.1) is 0 Å². The summed E-state index contributed by atoms with van der Waals surface area (Å²) in [6.07, 6.45) is 2.05. The van der Waals surface area contributed by atoms with Crippen LogP contribution in [0, 0.1) is 0 Å². The fourth-order valence-electron chi connectivity index (χ4n) is 3.74. The van der Waals surface area contributed by atoms with Crippen LogP contribution >= 0.6 is 11.3 Å². The molecule has 4 N–H and O–H groups in total. The largest absolute Gasteiger partial charge is 0.481 e. The average molecular weight is 562 g/mol. The van der Waals surface area contributed by atoms with E-state index >= 15 is 0 Å². The number of hydrogen-bond acceptors (Lipinski definition) is 13. The Morgan fingerprint density at radius 3 is 2.64 bits per heavy atom. The van der Waals surface area contributed by atoms with Gasteiger partial charge in [-0.25, -0.2) is 14.6 Å². The number of rotatable bonds is 9. The first-order valence-corrected chi connectivity index (χ1v) is 12.4. The molecule has 3 amide bonds. The zero-order valence-electron chi connectivity index (χ0n) is 21.5. The third kappa shape index (κ3) is 6.32. The second-order valence-corrected chi connectivity index (χ2v) is 9.28. The van der Waals surface area contributed by atoms with Crippen LogP contribution in [0.25, 0.3) is 0 Å². The van der Waals surface area contributed by atoms with Crippen molar-refractivity contribution in [3.63, 3.8) is 0 Å². The molecule has 3 aromatic heterocycles. The molecule has 0 saturated carbocycles. The predicted molar refractivity (Wildman–Crippen MR) is 138 cm³/mol. The number of methoxy groups -OCH3 is 3. The van der Waals surface area contributed by atoms with Gasteiger partial charge < -0.3 is 34.9 Å². The van der Waals surface area contributed by atoms with Crippen molar-refractivity contribution in [2.45, 2.75) is 19.0 Å². The number of aliphatic hydroxyl groups excluding tert-OH is 1. The van der Waals surface area contributed by atoms with Crippen LogP contribution in [0.5, 0.6) is 11.9 Å². The number of carbonyl (C=O) groups is 3. The minimum absolute atomic E-state index is 0.0909. The Balaban J connectivity index is 1.42. The molecule has 1 atom stereocenters. The van der Waals surface area contributed by atoms with Gasteiger partial charge in [0.15, 0.2) is 16.9 Å². The first kappa shape index (κ1) is 27.5. The molecule has 0 unspecified atom stereocenters. The molecule has 0 saturated heterocycles. The smallest absolute Gasteiger partial charge is 0.330 e. The van der Waals surface area contributed by atoms with Gasteiger partial charge in [0.1, 0.15) is 5.82 Å². The fourth-order valence-corrected chi connectivity index (χ4v) is 4.76. The van der Waals surface area contributed by atoms with E-state index < -0.39 is 30.6 Å². The third-order valence-corrected chi connectivity index (χ3v) is 6.60. The topological polar surface area (TPSA) is 195 Å². The molecule has 0 radical (unpaired) electrons. The number of hydrogen-bond donors (Lipinski definition) is 4. The molecule has 0 aromatic carbocycles. The van der Waals surface area contributed by atoms with Crippen LogP contribution in [0.4, 0.5) is 21.4 Å². The molecule has 0 aliphatic carbocycles. The van der Waals surface area contributed by atoms with Gasteiger partial charge in [-0.3, -0.25) is 14.8 Å². The van der Waals surface area contributed by atoms with Crippen LogP contribution in [0.15, 0.2) is 12.3 Å². The molecular formula is C22H27N9O7S. The molecule has 3 aromatic rings. The summed E-state index contributed by atoms with van der Waals surface area (Å²) in [5, 5.41) is 21.4. The summed E-state index contributed by atoms with van der Waals surface area (Å²) in [6.45, 7) is 0.484. The first-order chi connectivity index (χ1) is 18.7. The van der Waals surface area contributed by atoms with Crippen molar-refractivity contribution in [1.82, 2.24) is 30.0 Å². The number of esters is 1. The average Bonchev–Trinajstić information content (AvgIpc) is 3.51. The van der Waals surface area contributed by atoms with E-state index in [1.165, 1.54) is 36.4 Å². The van der Waals surface area contributed by atoms with E-state index in [1.807, 2.05) is 4.90 Å². The van der Waals surface area contributed by atoms with Gasteiger partial charge >= 0.3 is 18.0 Å². The number of carbonyl (C=O) groups excluding carboxylic acids is 3. The minimum Gasteiger partial charge on any atom is -0.481 e. The van der Waals surface area contributed by atoms with E-state index in [0.717, 1.165) is 17.7 Å². The second kappa shape index (κ2) is 11.9. The molecule has 1 aliphatic rings. The lowest BCUT2D eigenvalue weighted by atomic mass is 10.2. The van der Waals surface area contributed by atoms with Gasteiger partial charge in [0, 0.05) is 37.2 Å². The second-order valence-electron chi connectivity index (χ2n) is 8.19. The molecule has 0 bridgehead atoms. The Labute approximate surface area is 226 Å². The molecule has 16 nitrogen and oxygen atoms in total. The molecule has 4 heterocycles. The normalized spacial score (nSPS) is 13.2. The highest BCUT2D eigenvalue weighted by Crippen LogP contribution is 2.31. The lowest BCUT2D eigenvalue weighted by molar-refractivity contribution is -0.143. The summed E-state index contributed by atoms with van der Waals surface area (Å²) in [5.41, 5.74) is 0.798. The number of nitrogens with one attached hydrogen (secondary N) is 3. The lowest BCUT2D eigenvalue weighted by Crippen LogP contribution is -2.44. The van der Waals surface area contributed by atoms with Crippen molar-refractivity contribution in [1.29, 1.82) is 0 Å². The predicted octanol–water partition coefficient (Wildman–Crippen LogP) is 0.154. The number of aromatic nitrogens is 5. The Morgan fingerprint density at radius 1 is 1.15 bits per heavy atom. The van der Waals surface area contributed by atoms with Gasteiger partial charge in [-0.2, -0.15) is 15.1 Å². The first-order valence-electron chi connectivity index (χ1n) is 11.6. The van der Waals surface area contributed by atoms with Crippen molar-refractivity contribution < 1.29 is 33.7 Å². The summed E-state index contributed by atoms with van der Waals surface area (Å²) in [5.74, 6) is -0.578. The van der Waals surface area contributed by atoms with Crippen molar-refractivity contribution >= 4 is 45.9 Å². The number of anilines is 3. The number of nitrogens with zero attached hydrogens (tertiary/aromatic N) is 6. The zero-order valence-corrected chi connectivity index (χ0v) is 22.4. The highest BCUT2D eigenvalue weighted by molar-refractivity contribution is 7.15. The van der Waals surface area contributed by atoms with Crippen molar-refractivity contribution in [2.75, 3.05) is 50.0 Å². The van der Waals surface area contributed by atoms with E-state index in [9.17, 15) is 19.5 Å². The van der Waals surface area contributed by atoms with E-state index in [2.05, 4.69) is 40.7 Å². The van der Waals surface area contributed by atoms with Gasteiger partial charge in [-0.05, 0) is 0 Å². The monoisotopic (exact) mass is 561 g/mol. The van der Waals surface area contributed by atoms with Crippen LogP contribution in [0.1, 0.15) is 21.1 Å². The number of urea groups is 1. The number of amides is 3. The summed E-state index contributed by atoms with van der Waals surface area (Å²) < 4.78 is 16.3. The van der Waals surface area contributed by atoms with Crippen LogP contribution < -0.4 is 30.3 Å². The number of thiazole rings is 1. The van der Waals surface area contributed by atoms with Crippen LogP contribution in [0.2, 0.25) is 0 Å². The Hall–Kier alpha value is -4.51. The van der Waals surface area contributed by atoms with Gasteiger partial charge in [0.2, 0.25) is 5.88 Å². The zero-order chi connectivity index (χ0) is 28.1. The van der Waals surface area contributed by atoms with E-state index in [-0.39, 0.29) is 17.4 Å². The maximum absolute atomic E-state index is 12.7. The maximum Gasteiger partial charge on any atom is 0.330 e. The van der Waals surface area contributed by atoms with E-state index in [0.29, 0.717) is 36.3 Å². The summed E-state index contributed by atoms with van der Waals surface area (Å²) in [7, 11) is 5.69. The highest BCUT2D eigenvalue weighted by atomic mass is 32.1. The molecule has 1 aliphatic heterocycles. The molecule has 208 valence electrons. The highest BCUT2D eigenvalue weighted by Gasteiger charge is 2.26. The van der Waals surface area contributed by atoms with Crippen molar-refractivity contribution in [3.8, 4) is 11.9 Å². The van der Waals surface area contributed by atoms with Crippen LogP contribution in [-0.4, -0.2) is 88.3 Å². The Morgan fingerprint density at radius 2 is 1.95 bits per heavy atom. The maximum atomic E-state index is 12.7. The minimum atomic E-state index is -1.28. The summed E-state index contributed by atoms with van der Waals surface area (Å²) in [6, 6.07) is -0.00975. The van der Waals surface area contributed by atoms with Crippen LogP contribution in [0.3, 0.4) is 0 Å². The Bertz CT molecular complexity index is 1350. The molecular weight excluding hydrogens is 534 g/mol. The van der Waals surface area contributed by atoms with Gasteiger partial charge in [-0.1, -0.05) is 11.3 Å². The summed E-state index contributed by atoms with van der Waals surface area (Å²) >= 11 is 1.32.